The number of rotatable bonds is 5. The number of aromatic nitrogens is 2. The summed E-state index contributed by atoms with van der Waals surface area (Å²) in [4.78, 5) is 15.1. The highest BCUT2D eigenvalue weighted by Gasteiger charge is 2.51. The second-order valence-electron chi connectivity index (χ2n) is 6.16. The van der Waals surface area contributed by atoms with Gasteiger partial charge in [0.05, 0.1) is 16.0 Å². The molecule has 0 unspecified atom stereocenters. The molecule has 0 amide bonds. The van der Waals surface area contributed by atoms with Crippen LogP contribution in [0.1, 0.15) is 25.6 Å². The molecule has 2 aromatic carbocycles. The van der Waals surface area contributed by atoms with E-state index >= 15 is 0 Å². The first-order valence-electron chi connectivity index (χ1n) is 8.12. The summed E-state index contributed by atoms with van der Waals surface area (Å²) < 4.78 is 8.34. The van der Waals surface area contributed by atoms with Crippen LogP contribution in [0, 0.1) is 10.1 Å². The number of nitro groups is 1. The van der Waals surface area contributed by atoms with Gasteiger partial charge in [0.25, 0.3) is 5.69 Å². The molecule has 1 aliphatic carbocycles. The van der Waals surface area contributed by atoms with E-state index in [0.29, 0.717) is 10.8 Å². The number of non-ortho nitro benzene ring substituents is 1. The van der Waals surface area contributed by atoms with Crippen LogP contribution in [0.25, 0.3) is 11.0 Å². The number of ether oxygens (including phenoxy) is 1. The minimum atomic E-state index is -0.475. The van der Waals surface area contributed by atoms with E-state index < -0.39 is 10.5 Å². The van der Waals surface area contributed by atoms with Crippen LogP contribution < -0.4 is 4.74 Å². The zero-order chi connectivity index (χ0) is 17.6. The Morgan fingerprint density at radius 1 is 1.28 bits per heavy atom. The number of fused-ring (bicyclic) bond motifs is 1. The Kier molecular flexibility index (Phi) is 3.65. The van der Waals surface area contributed by atoms with Crippen LogP contribution in [0.5, 0.6) is 5.75 Å². The fourth-order valence-corrected chi connectivity index (χ4v) is 3.28. The van der Waals surface area contributed by atoms with Gasteiger partial charge in [-0.25, -0.2) is 4.98 Å². The smallest absolute Gasteiger partial charge is 0.269 e. The van der Waals surface area contributed by atoms with Gasteiger partial charge in [-0.3, -0.25) is 10.1 Å². The average molecular weight is 358 g/mol. The highest BCUT2D eigenvalue weighted by molar-refractivity contribution is 6.31. The third kappa shape index (κ3) is 2.72. The molecule has 128 valence electrons. The molecule has 1 saturated carbocycles. The van der Waals surface area contributed by atoms with Gasteiger partial charge in [-0.2, -0.15) is 0 Å². The molecule has 7 heteroatoms. The molecular formula is C18H16ClN3O3. The Bertz CT molecular complexity index is 962. The minimum Gasteiger partial charge on any atom is -0.479 e. The van der Waals surface area contributed by atoms with Crippen molar-refractivity contribution in [1.82, 2.24) is 9.55 Å². The first-order valence-corrected chi connectivity index (χ1v) is 8.50. The Morgan fingerprint density at radius 2 is 2.00 bits per heavy atom. The van der Waals surface area contributed by atoms with E-state index in [2.05, 4.69) is 11.5 Å². The maximum absolute atomic E-state index is 10.8. The van der Waals surface area contributed by atoms with Crippen LogP contribution in [0.15, 0.2) is 42.5 Å². The van der Waals surface area contributed by atoms with Crippen LogP contribution in [0.3, 0.4) is 0 Å². The van der Waals surface area contributed by atoms with E-state index in [0.717, 1.165) is 36.2 Å². The Morgan fingerprint density at radius 3 is 2.60 bits per heavy atom. The highest BCUT2D eigenvalue weighted by atomic mass is 35.5. The maximum Gasteiger partial charge on any atom is 0.269 e. The van der Waals surface area contributed by atoms with E-state index in [1.165, 1.54) is 12.1 Å². The molecule has 1 aliphatic rings. The van der Waals surface area contributed by atoms with Gasteiger partial charge in [0.15, 0.2) is 11.4 Å². The van der Waals surface area contributed by atoms with Crippen LogP contribution in [0.4, 0.5) is 5.69 Å². The second kappa shape index (κ2) is 5.74. The van der Waals surface area contributed by atoms with Crippen molar-refractivity contribution in [1.29, 1.82) is 0 Å². The molecule has 1 heterocycles. The first-order chi connectivity index (χ1) is 12.0. The van der Waals surface area contributed by atoms with E-state index in [-0.39, 0.29) is 5.69 Å². The largest absolute Gasteiger partial charge is 0.479 e. The van der Waals surface area contributed by atoms with E-state index in [1.807, 2.05) is 18.2 Å². The lowest BCUT2D eigenvalue weighted by molar-refractivity contribution is -0.384. The van der Waals surface area contributed by atoms with E-state index in [4.69, 9.17) is 21.3 Å². The molecular weight excluding hydrogens is 342 g/mol. The third-order valence-corrected chi connectivity index (χ3v) is 4.73. The topological polar surface area (TPSA) is 70.2 Å². The number of benzene rings is 2. The number of nitro benzene ring substituents is 1. The monoisotopic (exact) mass is 357 g/mol. The van der Waals surface area contributed by atoms with Gasteiger partial charge < -0.3 is 9.30 Å². The lowest BCUT2D eigenvalue weighted by atomic mass is 10.2. The van der Waals surface area contributed by atoms with Crippen molar-refractivity contribution < 1.29 is 9.66 Å². The lowest BCUT2D eigenvalue weighted by Crippen LogP contribution is -2.21. The molecule has 0 saturated heterocycles. The number of nitrogens with zero attached hydrogens (tertiary/aromatic N) is 3. The average Bonchev–Trinajstić information content (AvgIpc) is 3.27. The molecule has 3 aromatic rings. The number of imidazole rings is 1. The fraction of sp³-hybridized carbons (Fsp3) is 0.278. The molecule has 1 fully saturated rings. The van der Waals surface area contributed by atoms with E-state index in [1.54, 1.807) is 12.1 Å². The first kappa shape index (κ1) is 15.9. The lowest BCUT2D eigenvalue weighted by Gasteiger charge is -2.19. The van der Waals surface area contributed by atoms with Gasteiger partial charge in [-0.15, -0.1) is 0 Å². The van der Waals surface area contributed by atoms with Gasteiger partial charge in [0.1, 0.15) is 5.75 Å². The zero-order valence-electron chi connectivity index (χ0n) is 13.6. The van der Waals surface area contributed by atoms with Crippen molar-refractivity contribution in [3.05, 3.63) is 63.4 Å². The molecule has 0 spiro atoms. The molecule has 0 radical (unpaired) electrons. The fourth-order valence-electron chi connectivity index (χ4n) is 3.12. The summed E-state index contributed by atoms with van der Waals surface area (Å²) in [6.07, 6.45) is 1.72. The molecule has 4 rings (SSSR count). The molecule has 0 bridgehead atoms. The van der Waals surface area contributed by atoms with Gasteiger partial charge in [0, 0.05) is 23.7 Å². The molecule has 25 heavy (non-hydrogen) atoms. The molecule has 0 N–H and O–H groups in total. The maximum atomic E-state index is 10.8. The number of aryl methyl sites for hydroxylation is 1. The van der Waals surface area contributed by atoms with Crippen molar-refractivity contribution >= 4 is 28.3 Å². The summed E-state index contributed by atoms with van der Waals surface area (Å²) in [7, 11) is 0. The van der Waals surface area contributed by atoms with Crippen molar-refractivity contribution in [2.45, 2.75) is 31.9 Å². The summed E-state index contributed by atoms with van der Waals surface area (Å²) in [5.41, 5.74) is 1.45. The minimum absolute atomic E-state index is 0.0487. The number of hydrogen-bond acceptors (Lipinski definition) is 4. The molecule has 0 aliphatic heterocycles. The van der Waals surface area contributed by atoms with Crippen LogP contribution in [-0.4, -0.2) is 14.5 Å². The van der Waals surface area contributed by atoms with Gasteiger partial charge in [0.2, 0.25) is 0 Å². The Hall–Kier alpha value is -2.60. The second-order valence-corrected chi connectivity index (χ2v) is 6.60. The van der Waals surface area contributed by atoms with Crippen molar-refractivity contribution in [2.75, 3.05) is 0 Å². The standard InChI is InChI=1S/C18H16ClN3O3/c1-2-21-16-8-3-12(19)11-15(16)20-17(21)18(9-10-18)25-14-6-4-13(5-7-14)22(23)24/h3-8,11H,2,9-10H2,1H3. The van der Waals surface area contributed by atoms with Crippen LogP contribution in [-0.2, 0) is 12.1 Å². The van der Waals surface area contributed by atoms with Crippen molar-refractivity contribution in [3.63, 3.8) is 0 Å². The molecule has 0 atom stereocenters. The summed E-state index contributed by atoms with van der Waals surface area (Å²) in [6.45, 7) is 2.85. The Labute approximate surface area is 149 Å². The predicted molar refractivity (Wildman–Crippen MR) is 95.1 cm³/mol. The Balaban J connectivity index is 1.71. The summed E-state index contributed by atoms with van der Waals surface area (Å²) in [6, 6.07) is 11.9. The summed E-state index contributed by atoms with van der Waals surface area (Å²) >= 11 is 6.09. The van der Waals surface area contributed by atoms with Gasteiger partial charge in [-0.05, 0) is 50.1 Å². The van der Waals surface area contributed by atoms with E-state index in [9.17, 15) is 10.1 Å². The quantitative estimate of drug-likeness (QED) is 0.490. The molecule has 6 nitrogen and oxygen atoms in total. The third-order valence-electron chi connectivity index (χ3n) is 4.50. The van der Waals surface area contributed by atoms with Crippen molar-refractivity contribution in [3.8, 4) is 5.75 Å². The number of hydrogen-bond donors (Lipinski definition) is 0. The van der Waals surface area contributed by atoms with Gasteiger partial charge >= 0.3 is 0 Å². The summed E-state index contributed by atoms with van der Waals surface area (Å²) in [5, 5.41) is 11.4. The predicted octanol–water partition coefficient (Wildman–Crippen LogP) is 4.69. The van der Waals surface area contributed by atoms with Crippen LogP contribution in [0.2, 0.25) is 5.02 Å². The highest BCUT2D eigenvalue weighted by Crippen LogP contribution is 2.49. The zero-order valence-corrected chi connectivity index (χ0v) is 14.4. The SMILES string of the molecule is CCn1c(C2(Oc3ccc([N+](=O)[O-])cc3)CC2)nc2cc(Cl)ccc21. The van der Waals surface area contributed by atoms with Crippen molar-refractivity contribution in [2.24, 2.45) is 0 Å². The normalized spacial score (nSPS) is 15.3. The van der Waals surface area contributed by atoms with Crippen LogP contribution >= 0.6 is 11.6 Å². The molecule has 1 aromatic heterocycles. The summed E-state index contributed by atoms with van der Waals surface area (Å²) in [5.74, 6) is 1.49. The number of halogens is 1. The van der Waals surface area contributed by atoms with Gasteiger partial charge in [-0.1, -0.05) is 11.6 Å².